The summed E-state index contributed by atoms with van der Waals surface area (Å²) in [7, 11) is 9.93. The molecule has 0 atom stereocenters. The Morgan fingerprint density at radius 2 is 0.471 bits per heavy atom. The molecule has 0 bridgehead atoms. The van der Waals surface area contributed by atoms with Crippen LogP contribution in [-0.4, -0.2) is 170 Å². The van der Waals surface area contributed by atoms with E-state index in [0.29, 0.717) is 79.3 Å². The van der Waals surface area contributed by atoms with Gasteiger partial charge in [0.25, 0.3) is 0 Å². The fraction of sp³-hybridized carbons (Fsp3) is 1.00. The number of hydrogen-bond acceptors (Lipinski definition) is 12. The first kappa shape index (κ1) is 43.2. The summed E-state index contributed by atoms with van der Waals surface area (Å²) in [5, 5.41) is 0. The molecule has 34 heavy (non-hydrogen) atoms. The van der Waals surface area contributed by atoms with Crippen LogP contribution in [0.4, 0.5) is 0 Å². The van der Waals surface area contributed by atoms with Crippen LogP contribution in [0.15, 0.2) is 0 Å². The summed E-state index contributed by atoms with van der Waals surface area (Å²) < 4.78 is 60.0. The predicted octanol–water partition coefficient (Wildman–Crippen LogP) is -4.84. The third-order valence-corrected chi connectivity index (χ3v) is 7.52. The van der Waals surface area contributed by atoms with Crippen molar-refractivity contribution in [1.82, 2.24) is 0 Å². The van der Waals surface area contributed by atoms with Gasteiger partial charge in [-0.15, -0.1) is 0 Å². The third kappa shape index (κ3) is 54.9. The zero-order chi connectivity index (χ0) is 25.1. The predicted molar refractivity (Wildman–Crippen MR) is 135 cm³/mol. The second-order valence-corrected chi connectivity index (χ2v) is 10.9. The molecule has 0 aromatic carbocycles. The average molecular weight is 563 g/mol. The van der Waals surface area contributed by atoms with Crippen molar-refractivity contribution in [2.24, 2.45) is 0 Å². The van der Waals surface area contributed by atoms with Gasteiger partial charge in [0.1, 0.15) is 0 Å². The Morgan fingerprint density at radius 1 is 0.324 bits per heavy atom. The third-order valence-electron chi connectivity index (χ3n) is 3.66. The van der Waals surface area contributed by atoms with Crippen LogP contribution in [0.2, 0.25) is 0 Å². The van der Waals surface area contributed by atoms with E-state index in [1.54, 1.807) is 42.7 Å². The monoisotopic (exact) mass is 562 g/mol. The molecular formula is C18H50Al3NaO12. The Kier molecular flexibility index (Phi) is 61.2. The van der Waals surface area contributed by atoms with E-state index in [1.807, 2.05) is 0 Å². The number of ether oxygens (including phenoxy) is 6. The first-order valence-corrected chi connectivity index (χ1v) is 16.3. The molecular weight excluding hydrogens is 512 g/mol. The zero-order valence-corrected chi connectivity index (χ0v) is 31.4. The van der Waals surface area contributed by atoms with E-state index in [2.05, 4.69) is 0 Å². The van der Waals surface area contributed by atoms with Gasteiger partial charge in [0.05, 0.1) is 39.6 Å². The van der Waals surface area contributed by atoms with Crippen LogP contribution >= 0.6 is 0 Å². The molecule has 12 nitrogen and oxygen atoms in total. The van der Waals surface area contributed by atoms with Crippen molar-refractivity contribution in [2.45, 2.75) is 0 Å². The van der Waals surface area contributed by atoms with Crippen molar-refractivity contribution >= 4 is 47.7 Å². The molecule has 0 heterocycles. The van der Waals surface area contributed by atoms with Gasteiger partial charge in [-0.2, -0.15) is 0 Å². The van der Waals surface area contributed by atoms with Crippen molar-refractivity contribution in [3.05, 3.63) is 0 Å². The normalized spacial score (nSPS) is 10.1. The average Bonchev–Trinajstić information content (AvgIpc) is 2.83. The molecule has 0 aliphatic heterocycles. The van der Waals surface area contributed by atoms with Crippen LogP contribution in [-0.2, 0) is 51.2 Å². The van der Waals surface area contributed by atoms with Gasteiger partial charge in [0, 0.05) is 82.3 Å². The summed E-state index contributed by atoms with van der Waals surface area (Å²) in [6, 6.07) is 0. The molecule has 0 saturated heterocycles. The van der Waals surface area contributed by atoms with E-state index >= 15 is 0 Å². The molecule has 0 unspecified atom stereocenters. The molecule has 204 valence electrons. The van der Waals surface area contributed by atoms with E-state index < -0.39 is 47.7 Å². The van der Waals surface area contributed by atoms with Crippen LogP contribution in [0.3, 0.4) is 0 Å². The Morgan fingerprint density at radius 3 is 0.588 bits per heavy atom. The summed E-state index contributed by atoms with van der Waals surface area (Å²) in [4.78, 5) is 0. The maximum absolute atomic E-state index is 5.21. The molecule has 0 saturated carbocycles. The Bertz CT molecular complexity index is 251. The van der Waals surface area contributed by atoms with Crippen LogP contribution in [0.5, 0.6) is 0 Å². The minimum Gasteiger partial charge on any atom is -0.640 e. The maximum atomic E-state index is 5.21. The Balaban J connectivity index is -0.0000000900. The van der Waals surface area contributed by atoms with Crippen molar-refractivity contribution in [2.75, 3.05) is 122 Å². The molecule has 16 heteroatoms. The summed E-state index contributed by atoms with van der Waals surface area (Å²) in [6.45, 7) is 7.88. The van der Waals surface area contributed by atoms with Crippen LogP contribution in [0.25, 0.3) is 0 Å². The maximum Gasteiger partial charge on any atom is 1.00 e. The molecule has 0 aromatic heterocycles. The minimum atomic E-state index is -1.23. The first-order valence-electron chi connectivity index (χ1n) is 11.4. The quantitative estimate of drug-likeness (QED) is 0.0832. The molecule has 0 radical (unpaired) electrons. The second kappa shape index (κ2) is 48.2. The van der Waals surface area contributed by atoms with Crippen molar-refractivity contribution in [1.29, 1.82) is 0 Å². The standard InChI is InChI=1S/6C3H7O2.3Al.Na.6H/c6*1-5-3-2-4;;;;;;;;;;/h6*2-3H2,1H3;;;;;;;;;;/q6*-1;4*+1;;;;;;/p+2. The van der Waals surface area contributed by atoms with Gasteiger partial charge in [0.15, 0.2) is 0 Å². The zero-order valence-electron chi connectivity index (χ0n) is 25.4. The smallest absolute Gasteiger partial charge is 0.640 e. The van der Waals surface area contributed by atoms with Crippen molar-refractivity contribution in [3.8, 4) is 0 Å². The SMILES string of the molecule is COCC[O][AlH2-][O]CCOC.COCC[O][AlH2-][O]CCOC.COCC[O][AlH2-][O]CCOC.[H+].[H+].[Na+]. The molecule has 0 spiro atoms. The topological polar surface area (TPSA) is 111 Å². The number of rotatable bonds is 24. The van der Waals surface area contributed by atoms with Crippen LogP contribution in [0.1, 0.15) is 2.85 Å². The van der Waals surface area contributed by atoms with E-state index in [9.17, 15) is 0 Å². The van der Waals surface area contributed by atoms with Gasteiger partial charge in [-0.25, -0.2) is 0 Å². The van der Waals surface area contributed by atoms with Crippen molar-refractivity contribution in [3.63, 3.8) is 0 Å². The summed E-state index contributed by atoms with van der Waals surface area (Å²) in [5.74, 6) is 0. The van der Waals surface area contributed by atoms with E-state index in [1.165, 1.54) is 0 Å². The number of methoxy groups -OCH3 is 6. The minimum absolute atomic E-state index is 0. The molecule has 0 aromatic rings. The van der Waals surface area contributed by atoms with Gasteiger partial charge >= 0.3 is 80.1 Å². The second-order valence-electron chi connectivity index (χ2n) is 6.41. The van der Waals surface area contributed by atoms with Gasteiger partial charge in [0.2, 0.25) is 0 Å². The molecule has 0 aliphatic rings. The molecule has 0 fully saturated rings. The van der Waals surface area contributed by atoms with E-state index in [4.69, 9.17) is 51.2 Å². The Hall–Kier alpha value is 2.12. The molecule has 0 rings (SSSR count). The van der Waals surface area contributed by atoms with Crippen LogP contribution in [0, 0.1) is 0 Å². The van der Waals surface area contributed by atoms with Gasteiger partial charge in [-0.1, -0.05) is 0 Å². The van der Waals surface area contributed by atoms with Gasteiger partial charge in [-0.05, 0) is 0 Å². The molecule has 0 amide bonds. The fourth-order valence-electron chi connectivity index (χ4n) is 1.75. The molecule has 0 N–H and O–H groups in total. The van der Waals surface area contributed by atoms with Crippen LogP contribution < -0.4 is 29.6 Å². The van der Waals surface area contributed by atoms with Gasteiger partial charge < -0.3 is 51.2 Å². The largest absolute Gasteiger partial charge is 1.00 e. The number of hydrogen-bond donors (Lipinski definition) is 0. The van der Waals surface area contributed by atoms with Crippen molar-refractivity contribution < 1.29 is 83.6 Å². The van der Waals surface area contributed by atoms with E-state index in [0.717, 1.165) is 0 Å². The Labute approximate surface area is 251 Å². The molecule has 0 aliphatic carbocycles. The van der Waals surface area contributed by atoms with Gasteiger partial charge in [-0.3, -0.25) is 0 Å². The fourth-order valence-corrected chi connectivity index (χ4v) is 4.25. The first-order chi connectivity index (χ1) is 16.2. The summed E-state index contributed by atoms with van der Waals surface area (Å²) in [5.41, 5.74) is 0. The summed E-state index contributed by atoms with van der Waals surface area (Å²) >= 11 is -3.69. The van der Waals surface area contributed by atoms with E-state index in [-0.39, 0.29) is 32.4 Å². The summed E-state index contributed by atoms with van der Waals surface area (Å²) in [6.07, 6.45) is 0.